The highest BCUT2D eigenvalue weighted by atomic mass is 16.7. The number of aliphatic hydroxyl groups excluding tert-OH is 3. The van der Waals surface area contributed by atoms with Gasteiger partial charge in [0.15, 0.2) is 18.5 Å². The average Bonchev–Trinajstić information content (AvgIpc) is 3.28. The molecule has 1 aliphatic rings. The number of carboxylic acids is 1. The minimum Gasteiger partial charge on any atom is -0.479 e. The number of aliphatic hydroxyl groups is 3. The van der Waals surface area contributed by atoms with Gasteiger partial charge in [0.2, 0.25) is 0 Å². The number of ether oxygens (including phenoxy) is 4. The van der Waals surface area contributed by atoms with E-state index in [1.54, 1.807) is 0 Å². The minimum absolute atomic E-state index is 0.178. The molecule has 0 radical (unpaired) electrons. The van der Waals surface area contributed by atoms with Crippen molar-refractivity contribution in [2.24, 2.45) is 0 Å². The van der Waals surface area contributed by atoms with Crippen LogP contribution in [0.2, 0.25) is 0 Å². The average molecular weight is 905 g/mol. The highest BCUT2D eigenvalue weighted by molar-refractivity contribution is 5.73. The molecule has 0 spiro atoms. The van der Waals surface area contributed by atoms with Gasteiger partial charge in [-0.1, -0.05) is 184 Å². The molecular formula is C53H92O11. The van der Waals surface area contributed by atoms with E-state index in [1.165, 1.54) is 109 Å². The summed E-state index contributed by atoms with van der Waals surface area (Å²) in [7, 11) is 0. The van der Waals surface area contributed by atoms with Crippen molar-refractivity contribution in [3.63, 3.8) is 0 Å². The predicted molar refractivity (Wildman–Crippen MR) is 257 cm³/mol. The minimum atomic E-state index is -1.86. The number of carbonyl (C=O) groups excluding carboxylic acids is 2. The lowest BCUT2D eigenvalue weighted by Crippen LogP contribution is -2.60. The molecule has 0 aromatic heterocycles. The van der Waals surface area contributed by atoms with Crippen molar-refractivity contribution in [2.75, 3.05) is 13.2 Å². The molecule has 0 aromatic carbocycles. The smallest absolute Gasteiger partial charge is 0.335 e. The second kappa shape index (κ2) is 42.8. The van der Waals surface area contributed by atoms with Crippen LogP contribution < -0.4 is 0 Å². The third-order valence-electron chi connectivity index (χ3n) is 11.7. The van der Waals surface area contributed by atoms with Crippen molar-refractivity contribution in [1.29, 1.82) is 0 Å². The van der Waals surface area contributed by atoms with Gasteiger partial charge in [-0.05, 0) is 70.6 Å². The van der Waals surface area contributed by atoms with Gasteiger partial charge in [0, 0.05) is 12.8 Å². The van der Waals surface area contributed by atoms with Gasteiger partial charge >= 0.3 is 17.9 Å². The Balaban J connectivity index is 2.29. The third kappa shape index (κ3) is 33.6. The maximum Gasteiger partial charge on any atom is 0.335 e. The van der Waals surface area contributed by atoms with Gasteiger partial charge in [-0.3, -0.25) is 9.59 Å². The molecule has 64 heavy (non-hydrogen) atoms. The summed E-state index contributed by atoms with van der Waals surface area (Å²) in [5.74, 6) is -2.46. The van der Waals surface area contributed by atoms with Gasteiger partial charge in [-0.2, -0.15) is 0 Å². The maximum absolute atomic E-state index is 12.8. The molecule has 0 aliphatic carbocycles. The Morgan fingerprint density at radius 3 is 1.41 bits per heavy atom. The SMILES string of the molecule is CC/C=C\C/C=C\C/C=C\CCCCCCCC(=O)OCC(COC1OC(C(=O)O)C(O)C(O)C1O)OC(=O)CCCCCCCCCCCCC/C=C\CCCCCCCCCC. The molecule has 6 atom stereocenters. The Hall–Kier alpha value is -2.83. The first-order chi connectivity index (χ1) is 31.2. The van der Waals surface area contributed by atoms with E-state index in [0.717, 1.165) is 70.6 Å². The monoisotopic (exact) mass is 905 g/mol. The Morgan fingerprint density at radius 2 is 0.922 bits per heavy atom. The zero-order valence-electron chi connectivity index (χ0n) is 40.3. The Morgan fingerprint density at radius 1 is 0.500 bits per heavy atom. The van der Waals surface area contributed by atoms with Gasteiger partial charge in [0.05, 0.1) is 6.61 Å². The molecule has 0 amide bonds. The number of hydrogen-bond acceptors (Lipinski definition) is 10. The normalized spacial score (nSPS) is 19.7. The van der Waals surface area contributed by atoms with Crippen molar-refractivity contribution in [1.82, 2.24) is 0 Å². The van der Waals surface area contributed by atoms with Crippen LogP contribution in [0.3, 0.4) is 0 Å². The van der Waals surface area contributed by atoms with Crippen molar-refractivity contribution in [3.8, 4) is 0 Å². The van der Waals surface area contributed by atoms with E-state index in [4.69, 9.17) is 18.9 Å². The molecule has 0 bridgehead atoms. The van der Waals surface area contributed by atoms with Crippen LogP contribution in [-0.4, -0.2) is 88.4 Å². The maximum atomic E-state index is 12.8. The molecule has 1 fully saturated rings. The summed E-state index contributed by atoms with van der Waals surface area (Å²) in [4.78, 5) is 37.0. The summed E-state index contributed by atoms with van der Waals surface area (Å²) in [5.41, 5.74) is 0. The fraction of sp³-hybridized carbons (Fsp3) is 0.792. The van der Waals surface area contributed by atoms with Crippen LogP contribution in [0.5, 0.6) is 0 Å². The summed E-state index contributed by atoms with van der Waals surface area (Å²) in [5, 5.41) is 39.9. The molecule has 1 rings (SSSR count). The number of rotatable bonds is 43. The van der Waals surface area contributed by atoms with Crippen LogP contribution in [0.25, 0.3) is 0 Å². The molecule has 0 aromatic rings. The molecule has 11 nitrogen and oxygen atoms in total. The number of allylic oxidation sites excluding steroid dienone is 8. The molecule has 1 heterocycles. The first kappa shape index (κ1) is 59.2. The fourth-order valence-electron chi connectivity index (χ4n) is 7.65. The Kier molecular flexibility index (Phi) is 39.6. The lowest BCUT2D eigenvalue weighted by Gasteiger charge is -2.38. The van der Waals surface area contributed by atoms with Crippen molar-refractivity contribution in [2.45, 2.75) is 256 Å². The number of carbonyl (C=O) groups is 3. The standard InChI is InChI=1S/C53H92O11/c1-3-5-7-9-11-13-15-17-19-20-21-22-23-24-25-26-28-30-32-34-36-38-40-42-47(55)63-45(44-62-53-50(58)48(56)49(57)51(64-53)52(59)60)43-61-46(54)41-39-37-35-33-31-29-27-18-16-14-12-10-8-6-4-2/h6,8,12,14,18,20-21,27,45,48-51,53,56-58H,3-5,7,9-11,13,15-17,19,22-26,28-44H2,1-2H3,(H,59,60)/b8-6-,14-12-,21-20-,27-18-. The largest absolute Gasteiger partial charge is 0.479 e. The van der Waals surface area contributed by atoms with E-state index >= 15 is 0 Å². The van der Waals surface area contributed by atoms with E-state index in [9.17, 15) is 34.8 Å². The summed E-state index contributed by atoms with van der Waals surface area (Å²) in [6.45, 7) is 3.71. The van der Waals surface area contributed by atoms with E-state index in [-0.39, 0.29) is 19.4 Å². The molecule has 0 saturated carbocycles. The second-order valence-corrected chi connectivity index (χ2v) is 17.6. The number of carboxylic acid groups (broad SMARTS) is 1. The first-order valence-electron chi connectivity index (χ1n) is 25.7. The molecule has 6 unspecified atom stereocenters. The van der Waals surface area contributed by atoms with Crippen molar-refractivity contribution < 1.29 is 53.8 Å². The predicted octanol–water partition coefficient (Wildman–Crippen LogP) is 12.1. The Bertz CT molecular complexity index is 1250. The van der Waals surface area contributed by atoms with Gasteiger partial charge in [0.1, 0.15) is 24.9 Å². The summed E-state index contributed by atoms with van der Waals surface area (Å²) < 4.78 is 21.8. The number of hydrogen-bond donors (Lipinski definition) is 4. The molecule has 1 saturated heterocycles. The number of aliphatic carboxylic acids is 1. The van der Waals surface area contributed by atoms with Crippen molar-refractivity contribution in [3.05, 3.63) is 48.6 Å². The van der Waals surface area contributed by atoms with E-state index < -0.39 is 61.3 Å². The van der Waals surface area contributed by atoms with Gasteiger partial charge in [-0.25, -0.2) is 4.79 Å². The first-order valence-corrected chi connectivity index (χ1v) is 25.7. The zero-order chi connectivity index (χ0) is 46.7. The van der Waals surface area contributed by atoms with Crippen LogP contribution in [0, 0.1) is 0 Å². The third-order valence-corrected chi connectivity index (χ3v) is 11.7. The van der Waals surface area contributed by atoms with Crippen molar-refractivity contribution >= 4 is 17.9 Å². The van der Waals surface area contributed by atoms with Crippen LogP contribution in [-0.2, 0) is 33.3 Å². The van der Waals surface area contributed by atoms with E-state index in [1.807, 2.05) is 0 Å². The summed E-state index contributed by atoms with van der Waals surface area (Å²) >= 11 is 0. The topological polar surface area (TPSA) is 169 Å². The van der Waals surface area contributed by atoms with Crippen LogP contribution in [0.15, 0.2) is 48.6 Å². The van der Waals surface area contributed by atoms with Crippen LogP contribution in [0.1, 0.15) is 219 Å². The fourth-order valence-corrected chi connectivity index (χ4v) is 7.65. The molecule has 4 N–H and O–H groups in total. The summed E-state index contributed by atoms with van der Waals surface area (Å²) in [6, 6.07) is 0. The van der Waals surface area contributed by atoms with Gasteiger partial charge in [-0.15, -0.1) is 0 Å². The summed E-state index contributed by atoms with van der Waals surface area (Å²) in [6.07, 6.45) is 43.1. The van der Waals surface area contributed by atoms with E-state index in [2.05, 4.69) is 62.5 Å². The lowest BCUT2D eigenvalue weighted by molar-refractivity contribution is -0.298. The van der Waals surface area contributed by atoms with Gasteiger partial charge in [0.25, 0.3) is 0 Å². The number of esters is 2. The highest BCUT2D eigenvalue weighted by Gasteiger charge is 2.47. The Labute approximate surface area is 388 Å². The second-order valence-electron chi connectivity index (χ2n) is 17.6. The van der Waals surface area contributed by atoms with Crippen LogP contribution >= 0.6 is 0 Å². The van der Waals surface area contributed by atoms with E-state index in [0.29, 0.717) is 12.8 Å². The van der Waals surface area contributed by atoms with Gasteiger partial charge < -0.3 is 39.4 Å². The quantitative estimate of drug-likeness (QED) is 0.0261. The number of unbranched alkanes of at least 4 members (excludes halogenated alkanes) is 24. The molecule has 11 heteroatoms. The zero-order valence-corrected chi connectivity index (χ0v) is 40.3. The molecule has 370 valence electrons. The highest BCUT2D eigenvalue weighted by Crippen LogP contribution is 2.23. The molecule has 1 aliphatic heterocycles. The van der Waals surface area contributed by atoms with Crippen LogP contribution in [0.4, 0.5) is 0 Å². The molecular weight excluding hydrogens is 813 g/mol. The lowest BCUT2D eigenvalue weighted by atomic mass is 9.99.